The van der Waals surface area contributed by atoms with Crippen LogP contribution in [0.15, 0.2) is 24.3 Å². The number of ether oxygens (including phenoxy) is 1. The topological polar surface area (TPSA) is 53.2 Å². The molecule has 1 aromatic rings. The predicted molar refractivity (Wildman–Crippen MR) is 62.0 cm³/mol. The summed E-state index contributed by atoms with van der Waals surface area (Å²) >= 11 is 0. The molecule has 2 unspecified atom stereocenters. The molecule has 1 rings (SSSR count). The van der Waals surface area contributed by atoms with Crippen LogP contribution in [0.5, 0.6) is 5.75 Å². The molecule has 0 aliphatic heterocycles. The van der Waals surface area contributed by atoms with E-state index in [0.717, 1.165) is 11.3 Å². The van der Waals surface area contributed by atoms with Gasteiger partial charge in [0.05, 0.1) is 24.7 Å². The van der Waals surface area contributed by atoms with Gasteiger partial charge >= 0.3 is 0 Å². The summed E-state index contributed by atoms with van der Waals surface area (Å²) in [6.07, 6.45) is -0.0732. The van der Waals surface area contributed by atoms with Crippen molar-refractivity contribution in [3.63, 3.8) is 0 Å². The minimum absolute atomic E-state index is 0.349. The predicted octanol–water partition coefficient (Wildman–Crippen LogP) is 2.67. The van der Waals surface area contributed by atoms with Gasteiger partial charge in [0.25, 0.3) is 0 Å². The Balaban J connectivity index is 2.77. The van der Waals surface area contributed by atoms with Crippen LogP contribution in [-0.2, 0) is 0 Å². The summed E-state index contributed by atoms with van der Waals surface area (Å²) < 4.78 is 5.31. The van der Waals surface area contributed by atoms with Gasteiger partial charge in [-0.25, -0.2) is 0 Å². The Kier molecular flexibility index (Phi) is 4.81. The standard InChI is InChI=1S/C13H17NO2/c1-3-10(9-14)13(15)11-5-7-12(8-6-11)16-4-2/h5-8,10,13,15H,3-4H2,1-2H3. The van der Waals surface area contributed by atoms with Gasteiger partial charge in [0, 0.05) is 0 Å². The van der Waals surface area contributed by atoms with Crippen LogP contribution in [0, 0.1) is 17.2 Å². The minimum atomic E-state index is -0.717. The summed E-state index contributed by atoms with van der Waals surface area (Å²) in [5.74, 6) is 0.432. The molecular formula is C13H17NO2. The van der Waals surface area contributed by atoms with Gasteiger partial charge < -0.3 is 9.84 Å². The van der Waals surface area contributed by atoms with E-state index < -0.39 is 6.10 Å². The first-order valence-electron chi connectivity index (χ1n) is 5.53. The molecular weight excluding hydrogens is 202 g/mol. The van der Waals surface area contributed by atoms with Gasteiger partial charge in [0.2, 0.25) is 0 Å². The molecule has 16 heavy (non-hydrogen) atoms. The SMILES string of the molecule is CCOc1ccc(C(O)C(C#N)CC)cc1. The molecule has 0 aliphatic rings. The Morgan fingerprint density at radius 1 is 1.31 bits per heavy atom. The number of aliphatic hydroxyl groups excluding tert-OH is 1. The van der Waals surface area contributed by atoms with E-state index in [1.807, 2.05) is 26.0 Å². The number of benzene rings is 1. The molecule has 86 valence electrons. The highest BCUT2D eigenvalue weighted by Gasteiger charge is 2.18. The molecule has 0 saturated heterocycles. The summed E-state index contributed by atoms with van der Waals surface area (Å²) in [5, 5.41) is 18.8. The molecule has 0 aromatic heterocycles. The van der Waals surface area contributed by atoms with Crippen molar-refractivity contribution in [3.05, 3.63) is 29.8 Å². The third-order valence-electron chi connectivity index (χ3n) is 2.52. The Bertz CT molecular complexity index is 353. The zero-order valence-electron chi connectivity index (χ0n) is 9.68. The maximum absolute atomic E-state index is 9.94. The van der Waals surface area contributed by atoms with Crippen LogP contribution in [0.25, 0.3) is 0 Å². The Morgan fingerprint density at radius 2 is 1.94 bits per heavy atom. The van der Waals surface area contributed by atoms with E-state index >= 15 is 0 Å². The molecule has 1 N–H and O–H groups in total. The lowest BCUT2D eigenvalue weighted by Gasteiger charge is -2.15. The monoisotopic (exact) mass is 219 g/mol. The van der Waals surface area contributed by atoms with Gasteiger partial charge in [-0.3, -0.25) is 0 Å². The van der Waals surface area contributed by atoms with Gasteiger partial charge in [0.1, 0.15) is 5.75 Å². The van der Waals surface area contributed by atoms with E-state index in [-0.39, 0.29) is 5.92 Å². The van der Waals surface area contributed by atoms with Crippen LogP contribution < -0.4 is 4.74 Å². The van der Waals surface area contributed by atoms with Gasteiger partial charge in [0.15, 0.2) is 0 Å². The minimum Gasteiger partial charge on any atom is -0.494 e. The number of hydrogen-bond donors (Lipinski definition) is 1. The quantitative estimate of drug-likeness (QED) is 0.828. The van der Waals surface area contributed by atoms with Crippen molar-refractivity contribution in [1.29, 1.82) is 5.26 Å². The van der Waals surface area contributed by atoms with E-state index in [2.05, 4.69) is 6.07 Å². The number of rotatable bonds is 5. The maximum atomic E-state index is 9.94. The van der Waals surface area contributed by atoms with Crippen LogP contribution >= 0.6 is 0 Å². The first-order valence-corrected chi connectivity index (χ1v) is 5.53. The highest BCUT2D eigenvalue weighted by atomic mass is 16.5. The van der Waals surface area contributed by atoms with E-state index in [1.54, 1.807) is 12.1 Å². The molecule has 0 heterocycles. The fourth-order valence-electron chi connectivity index (χ4n) is 1.55. The van der Waals surface area contributed by atoms with Gasteiger partial charge in [-0.05, 0) is 31.0 Å². The molecule has 0 aliphatic carbocycles. The van der Waals surface area contributed by atoms with Crippen molar-refractivity contribution in [1.82, 2.24) is 0 Å². The second-order valence-electron chi connectivity index (χ2n) is 3.59. The van der Waals surface area contributed by atoms with Crippen molar-refractivity contribution in [2.75, 3.05) is 6.61 Å². The number of hydrogen-bond acceptors (Lipinski definition) is 3. The van der Waals surface area contributed by atoms with Crippen molar-refractivity contribution >= 4 is 0 Å². The third kappa shape index (κ3) is 2.98. The second kappa shape index (κ2) is 6.14. The lowest BCUT2D eigenvalue weighted by molar-refractivity contribution is 0.132. The van der Waals surface area contributed by atoms with Crippen LogP contribution in [0.1, 0.15) is 31.9 Å². The largest absolute Gasteiger partial charge is 0.494 e. The zero-order valence-corrected chi connectivity index (χ0v) is 9.68. The molecule has 2 atom stereocenters. The van der Waals surface area contributed by atoms with Crippen molar-refractivity contribution < 1.29 is 9.84 Å². The molecule has 0 spiro atoms. The Hall–Kier alpha value is -1.53. The number of nitriles is 1. The smallest absolute Gasteiger partial charge is 0.119 e. The molecule has 0 bridgehead atoms. The highest BCUT2D eigenvalue weighted by Crippen LogP contribution is 2.25. The molecule has 1 aromatic carbocycles. The fourth-order valence-corrected chi connectivity index (χ4v) is 1.55. The van der Waals surface area contributed by atoms with Crippen LogP contribution in [-0.4, -0.2) is 11.7 Å². The van der Waals surface area contributed by atoms with E-state index in [9.17, 15) is 5.11 Å². The second-order valence-corrected chi connectivity index (χ2v) is 3.59. The summed E-state index contributed by atoms with van der Waals surface area (Å²) in [4.78, 5) is 0. The lowest BCUT2D eigenvalue weighted by Crippen LogP contribution is -2.09. The van der Waals surface area contributed by atoms with Crippen molar-refractivity contribution in [2.24, 2.45) is 5.92 Å². The molecule has 3 heteroatoms. The molecule has 0 fully saturated rings. The fraction of sp³-hybridized carbons (Fsp3) is 0.462. The van der Waals surface area contributed by atoms with Gasteiger partial charge in [-0.1, -0.05) is 19.1 Å². The molecule has 0 saturated carbocycles. The summed E-state index contributed by atoms with van der Waals surface area (Å²) in [7, 11) is 0. The summed E-state index contributed by atoms with van der Waals surface area (Å²) in [5.41, 5.74) is 0.761. The number of nitrogens with zero attached hydrogens (tertiary/aromatic N) is 1. The van der Waals surface area contributed by atoms with Crippen LogP contribution in [0.2, 0.25) is 0 Å². The van der Waals surface area contributed by atoms with E-state index in [4.69, 9.17) is 10.00 Å². The lowest BCUT2D eigenvalue weighted by atomic mass is 9.95. The maximum Gasteiger partial charge on any atom is 0.119 e. The molecule has 3 nitrogen and oxygen atoms in total. The van der Waals surface area contributed by atoms with Crippen molar-refractivity contribution in [3.8, 4) is 11.8 Å². The third-order valence-corrected chi connectivity index (χ3v) is 2.52. The van der Waals surface area contributed by atoms with Crippen LogP contribution in [0.3, 0.4) is 0 Å². The summed E-state index contributed by atoms with van der Waals surface area (Å²) in [6, 6.07) is 9.33. The molecule has 0 amide bonds. The van der Waals surface area contributed by atoms with Crippen molar-refractivity contribution in [2.45, 2.75) is 26.4 Å². The normalized spacial score (nSPS) is 13.9. The van der Waals surface area contributed by atoms with E-state index in [0.29, 0.717) is 13.0 Å². The average Bonchev–Trinajstić information content (AvgIpc) is 2.32. The number of aliphatic hydroxyl groups is 1. The first-order chi connectivity index (χ1) is 7.72. The van der Waals surface area contributed by atoms with E-state index in [1.165, 1.54) is 0 Å². The highest BCUT2D eigenvalue weighted by molar-refractivity contribution is 5.29. The van der Waals surface area contributed by atoms with Gasteiger partial charge in [-0.2, -0.15) is 5.26 Å². The average molecular weight is 219 g/mol. The Morgan fingerprint density at radius 3 is 2.38 bits per heavy atom. The first kappa shape index (κ1) is 12.5. The molecule has 0 radical (unpaired) electrons. The Labute approximate surface area is 96.3 Å². The van der Waals surface area contributed by atoms with Gasteiger partial charge in [-0.15, -0.1) is 0 Å². The summed E-state index contributed by atoms with van der Waals surface area (Å²) in [6.45, 7) is 4.44. The zero-order chi connectivity index (χ0) is 12.0. The van der Waals surface area contributed by atoms with Crippen LogP contribution in [0.4, 0.5) is 0 Å².